The Morgan fingerprint density at radius 3 is 2.43 bits per heavy atom. The Kier molecular flexibility index (Phi) is 6.22. The first-order valence-electron chi connectivity index (χ1n) is 8.56. The molecule has 0 bridgehead atoms. The minimum atomic E-state index is -0.0577. The molecule has 3 atom stereocenters. The van der Waals surface area contributed by atoms with Gasteiger partial charge in [0.1, 0.15) is 5.82 Å². The summed E-state index contributed by atoms with van der Waals surface area (Å²) in [7, 11) is 0. The molecule has 1 saturated carbocycles. The highest BCUT2D eigenvalue weighted by Crippen LogP contribution is 2.35. The molecule has 1 fully saturated rings. The first-order valence-corrected chi connectivity index (χ1v) is 8.56. The van der Waals surface area contributed by atoms with Crippen LogP contribution in [0, 0.1) is 23.6 Å². The Balaban J connectivity index is 2.08. The molecule has 1 nitrogen and oxygen atoms in total. The molecular formula is C19H30FN. The normalized spacial score (nSPS) is 27.5. The molecule has 0 aliphatic heterocycles. The van der Waals surface area contributed by atoms with Crippen molar-refractivity contribution in [2.75, 3.05) is 6.54 Å². The molecular weight excluding hydrogens is 261 g/mol. The Morgan fingerprint density at radius 2 is 1.81 bits per heavy atom. The second-order valence-corrected chi connectivity index (χ2v) is 7.03. The molecule has 1 aliphatic carbocycles. The first-order chi connectivity index (χ1) is 10.1. The summed E-state index contributed by atoms with van der Waals surface area (Å²) < 4.78 is 14.0. The lowest BCUT2D eigenvalue weighted by Crippen LogP contribution is -2.41. The van der Waals surface area contributed by atoms with Crippen molar-refractivity contribution in [2.45, 2.75) is 58.9 Å². The van der Waals surface area contributed by atoms with Crippen LogP contribution in [-0.2, 0) is 6.42 Å². The highest BCUT2D eigenvalue weighted by atomic mass is 19.1. The predicted octanol–water partition coefficient (Wildman–Crippen LogP) is 4.81. The van der Waals surface area contributed by atoms with E-state index in [9.17, 15) is 4.39 Å². The topological polar surface area (TPSA) is 12.0 Å². The van der Waals surface area contributed by atoms with E-state index in [1.807, 2.05) is 12.1 Å². The lowest BCUT2D eigenvalue weighted by Gasteiger charge is -2.37. The summed E-state index contributed by atoms with van der Waals surface area (Å²) in [5.74, 6) is 2.21. The van der Waals surface area contributed by atoms with E-state index >= 15 is 0 Å². The molecule has 3 unspecified atom stereocenters. The number of rotatable bonds is 6. The largest absolute Gasteiger partial charge is 0.313 e. The van der Waals surface area contributed by atoms with Crippen molar-refractivity contribution in [2.24, 2.45) is 17.8 Å². The van der Waals surface area contributed by atoms with E-state index in [1.54, 1.807) is 12.1 Å². The van der Waals surface area contributed by atoms with Crippen LogP contribution >= 0.6 is 0 Å². The summed E-state index contributed by atoms with van der Waals surface area (Å²) >= 11 is 0. The quantitative estimate of drug-likeness (QED) is 0.793. The summed E-state index contributed by atoms with van der Waals surface area (Å²) in [5, 5.41) is 3.69. The monoisotopic (exact) mass is 291 g/mol. The van der Waals surface area contributed by atoms with Gasteiger partial charge in [0.05, 0.1) is 0 Å². The Hall–Kier alpha value is -0.890. The summed E-state index contributed by atoms with van der Waals surface area (Å²) in [6.07, 6.45) is 5.85. The lowest BCUT2D eigenvalue weighted by atomic mass is 9.72. The smallest absolute Gasteiger partial charge is 0.126 e. The molecule has 1 aliphatic rings. The zero-order chi connectivity index (χ0) is 15.2. The van der Waals surface area contributed by atoms with Crippen molar-refractivity contribution in [3.05, 3.63) is 35.6 Å². The van der Waals surface area contributed by atoms with Crippen molar-refractivity contribution in [1.29, 1.82) is 0 Å². The maximum atomic E-state index is 14.0. The Bertz CT molecular complexity index is 421. The van der Waals surface area contributed by atoms with Gasteiger partial charge in [0.2, 0.25) is 0 Å². The van der Waals surface area contributed by atoms with Gasteiger partial charge in [0, 0.05) is 6.04 Å². The highest BCUT2D eigenvalue weighted by Gasteiger charge is 2.30. The molecule has 2 heteroatoms. The van der Waals surface area contributed by atoms with Gasteiger partial charge in [-0.3, -0.25) is 0 Å². The molecule has 0 amide bonds. The third-order valence-corrected chi connectivity index (χ3v) is 4.84. The van der Waals surface area contributed by atoms with Crippen LogP contribution in [0.2, 0.25) is 0 Å². The van der Waals surface area contributed by atoms with Crippen molar-refractivity contribution in [3.8, 4) is 0 Å². The number of nitrogens with one attached hydrogen (secondary N) is 1. The first kappa shape index (κ1) is 16.5. The van der Waals surface area contributed by atoms with Gasteiger partial charge in [-0.2, -0.15) is 0 Å². The van der Waals surface area contributed by atoms with E-state index < -0.39 is 0 Å². The molecule has 0 saturated heterocycles. The van der Waals surface area contributed by atoms with Crippen LogP contribution in [0.1, 0.15) is 52.0 Å². The van der Waals surface area contributed by atoms with Gasteiger partial charge in [-0.05, 0) is 68.0 Å². The molecule has 0 aromatic heterocycles. The van der Waals surface area contributed by atoms with Gasteiger partial charge in [0.15, 0.2) is 0 Å². The standard InChI is InChI=1S/C19H30FN/c1-4-9-21-19(13-16-7-5-6-8-18(16)20)17-11-14(2)10-15(3)12-17/h5-8,14-15,17,19,21H,4,9-13H2,1-3H3. The average molecular weight is 291 g/mol. The summed E-state index contributed by atoms with van der Waals surface area (Å²) in [6, 6.07) is 7.65. The maximum Gasteiger partial charge on any atom is 0.126 e. The number of benzene rings is 1. The third-order valence-electron chi connectivity index (χ3n) is 4.84. The fraction of sp³-hybridized carbons (Fsp3) is 0.684. The Morgan fingerprint density at radius 1 is 1.14 bits per heavy atom. The molecule has 118 valence electrons. The molecule has 1 aromatic carbocycles. The van der Waals surface area contributed by atoms with Crippen LogP contribution < -0.4 is 5.32 Å². The van der Waals surface area contributed by atoms with Gasteiger partial charge in [-0.1, -0.05) is 39.0 Å². The highest BCUT2D eigenvalue weighted by molar-refractivity contribution is 5.18. The fourth-order valence-corrected chi connectivity index (χ4v) is 3.97. The van der Waals surface area contributed by atoms with E-state index in [4.69, 9.17) is 0 Å². The molecule has 1 aromatic rings. The van der Waals surface area contributed by atoms with Crippen molar-refractivity contribution >= 4 is 0 Å². The van der Waals surface area contributed by atoms with Gasteiger partial charge >= 0.3 is 0 Å². The van der Waals surface area contributed by atoms with E-state index in [2.05, 4.69) is 26.1 Å². The molecule has 2 rings (SSSR count). The van der Waals surface area contributed by atoms with Crippen molar-refractivity contribution in [3.63, 3.8) is 0 Å². The van der Waals surface area contributed by atoms with E-state index in [0.717, 1.165) is 36.8 Å². The second-order valence-electron chi connectivity index (χ2n) is 7.03. The van der Waals surface area contributed by atoms with Crippen LogP contribution in [0.25, 0.3) is 0 Å². The van der Waals surface area contributed by atoms with Crippen LogP contribution in [0.4, 0.5) is 4.39 Å². The van der Waals surface area contributed by atoms with E-state index in [1.165, 1.54) is 19.3 Å². The number of halogens is 1. The third kappa shape index (κ3) is 4.81. The summed E-state index contributed by atoms with van der Waals surface area (Å²) in [6.45, 7) is 7.95. The summed E-state index contributed by atoms with van der Waals surface area (Å²) in [5.41, 5.74) is 0.858. The van der Waals surface area contributed by atoms with Crippen LogP contribution in [0.3, 0.4) is 0 Å². The van der Waals surface area contributed by atoms with Crippen molar-refractivity contribution < 1.29 is 4.39 Å². The van der Waals surface area contributed by atoms with Crippen LogP contribution in [-0.4, -0.2) is 12.6 Å². The molecule has 1 N–H and O–H groups in total. The fourth-order valence-electron chi connectivity index (χ4n) is 3.97. The van der Waals surface area contributed by atoms with E-state index in [0.29, 0.717) is 12.0 Å². The molecule has 0 radical (unpaired) electrons. The van der Waals surface area contributed by atoms with E-state index in [-0.39, 0.29) is 5.82 Å². The lowest BCUT2D eigenvalue weighted by molar-refractivity contribution is 0.175. The van der Waals surface area contributed by atoms with Gasteiger partial charge in [0.25, 0.3) is 0 Å². The zero-order valence-electron chi connectivity index (χ0n) is 13.7. The number of hydrogen-bond acceptors (Lipinski definition) is 1. The SMILES string of the molecule is CCCNC(Cc1ccccc1F)C1CC(C)CC(C)C1. The van der Waals surface area contributed by atoms with Crippen molar-refractivity contribution in [1.82, 2.24) is 5.32 Å². The summed E-state index contributed by atoms with van der Waals surface area (Å²) in [4.78, 5) is 0. The van der Waals surface area contributed by atoms with Crippen LogP contribution in [0.15, 0.2) is 24.3 Å². The Labute approximate surface area is 129 Å². The zero-order valence-corrected chi connectivity index (χ0v) is 13.7. The molecule has 21 heavy (non-hydrogen) atoms. The molecule has 0 spiro atoms. The minimum Gasteiger partial charge on any atom is -0.313 e. The predicted molar refractivity (Wildman–Crippen MR) is 87.9 cm³/mol. The second kappa shape index (κ2) is 7.93. The van der Waals surface area contributed by atoms with Gasteiger partial charge in [-0.25, -0.2) is 4.39 Å². The average Bonchev–Trinajstić information content (AvgIpc) is 2.44. The maximum absolute atomic E-state index is 14.0. The number of hydrogen-bond donors (Lipinski definition) is 1. The molecule has 0 heterocycles. The van der Waals surface area contributed by atoms with Gasteiger partial charge in [-0.15, -0.1) is 0 Å². The minimum absolute atomic E-state index is 0.0577. The van der Waals surface area contributed by atoms with Gasteiger partial charge < -0.3 is 5.32 Å². The van der Waals surface area contributed by atoms with Crippen LogP contribution in [0.5, 0.6) is 0 Å².